The van der Waals surface area contributed by atoms with Crippen LogP contribution >= 0.6 is 0 Å². The van der Waals surface area contributed by atoms with E-state index in [4.69, 9.17) is 15.6 Å². The van der Waals surface area contributed by atoms with Crippen molar-refractivity contribution < 1.29 is 17.9 Å². The molecule has 1 aliphatic heterocycles. The lowest BCUT2D eigenvalue weighted by atomic mass is 9.88. The fraction of sp³-hybridized carbons (Fsp3) is 0.320. The Hall–Kier alpha value is -3.82. The quantitative estimate of drug-likeness (QED) is 0.443. The molecule has 0 radical (unpaired) electrons. The number of nitrogens with zero attached hydrogens (tertiary/aromatic N) is 5. The van der Waals surface area contributed by atoms with E-state index < -0.39 is 19.1 Å². The SMILES string of the molecule is C[C@H]1Oc2cc(cnc2N)-c2c3c(nn2CC(F)F)CCC3c2cn(C)nc2-c2ccc(F)cc21. The number of aromatic nitrogens is 5. The predicted octanol–water partition coefficient (Wildman–Crippen LogP) is 4.86. The molecule has 10 heteroatoms. The first kappa shape index (κ1) is 21.7. The minimum atomic E-state index is -2.57. The number of anilines is 1. The normalized spacial score (nSPS) is 18.3. The third-order valence-electron chi connectivity index (χ3n) is 6.79. The molecule has 1 aromatic carbocycles. The smallest absolute Gasteiger partial charge is 0.257 e. The van der Waals surface area contributed by atoms with Crippen LogP contribution in [-0.4, -0.2) is 31.0 Å². The Labute approximate surface area is 199 Å². The van der Waals surface area contributed by atoms with E-state index in [2.05, 4.69) is 10.1 Å². The lowest BCUT2D eigenvalue weighted by Gasteiger charge is -2.22. The minimum absolute atomic E-state index is 0.121. The summed E-state index contributed by atoms with van der Waals surface area (Å²) in [7, 11) is 1.83. The van der Waals surface area contributed by atoms with Crippen molar-refractivity contribution in [3.8, 4) is 28.3 Å². The van der Waals surface area contributed by atoms with Crippen molar-refractivity contribution >= 4 is 5.82 Å². The molecule has 4 heterocycles. The average Bonchev–Trinajstić information content (AvgIpc) is 3.47. The summed E-state index contributed by atoms with van der Waals surface area (Å²) in [6, 6.07) is 6.26. The molecule has 2 aliphatic rings. The van der Waals surface area contributed by atoms with Gasteiger partial charge in [-0.15, -0.1) is 0 Å². The third-order valence-corrected chi connectivity index (χ3v) is 6.79. The van der Waals surface area contributed by atoms with E-state index >= 15 is 0 Å². The Morgan fingerprint density at radius 1 is 1.20 bits per heavy atom. The zero-order valence-corrected chi connectivity index (χ0v) is 19.2. The van der Waals surface area contributed by atoms with Crippen LogP contribution in [0.3, 0.4) is 0 Å². The van der Waals surface area contributed by atoms with Gasteiger partial charge in [0.2, 0.25) is 0 Å². The lowest BCUT2D eigenvalue weighted by molar-refractivity contribution is 0.122. The van der Waals surface area contributed by atoms with E-state index in [1.165, 1.54) is 16.8 Å². The number of alkyl halides is 2. The van der Waals surface area contributed by atoms with Gasteiger partial charge in [0.05, 0.1) is 17.1 Å². The van der Waals surface area contributed by atoms with Crippen LogP contribution in [-0.2, 0) is 20.0 Å². The highest BCUT2D eigenvalue weighted by Gasteiger charge is 2.36. The Morgan fingerprint density at radius 2 is 2.03 bits per heavy atom. The summed E-state index contributed by atoms with van der Waals surface area (Å²) in [6.07, 6.45) is 1.76. The number of fused-ring (bicyclic) bond motifs is 7. The van der Waals surface area contributed by atoms with Gasteiger partial charge in [-0.25, -0.2) is 18.2 Å². The molecule has 7 nitrogen and oxygen atoms in total. The number of aryl methyl sites for hydroxylation is 2. The van der Waals surface area contributed by atoms with Crippen molar-refractivity contribution in [3.63, 3.8) is 0 Å². The summed E-state index contributed by atoms with van der Waals surface area (Å²) in [5.74, 6) is -0.0607. The van der Waals surface area contributed by atoms with Gasteiger partial charge in [-0.05, 0) is 44.0 Å². The van der Waals surface area contributed by atoms with E-state index in [1.807, 2.05) is 13.2 Å². The van der Waals surface area contributed by atoms with E-state index in [1.54, 1.807) is 29.9 Å². The molecule has 0 amide bonds. The highest BCUT2D eigenvalue weighted by molar-refractivity contribution is 5.74. The number of pyridine rings is 1. The van der Waals surface area contributed by atoms with E-state index in [0.29, 0.717) is 34.7 Å². The first-order valence-electron chi connectivity index (χ1n) is 11.4. The fourth-order valence-electron chi connectivity index (χ4n) is 5.37. The number of nitrogens with two attached hydrogens (primary N) is 1. The second-order valence-corrected chi connectivity index (χ2v) is 9.08. The maximum Gasteiger partial charge on any atom is 0.257 e. The second-order valence-electron chi connectivity index (χ2n) is 9.08. The predicted molar refractivity (Wildman–Crippen MR) is 124 cm³/mol. The molecule has 1 aliphatic carbocycles. The Morgan fingerprint density at radius 3 is 2.83 bits per heavy atom. The first-order valence-corrected chi connectivity index (χ1v) is 11.4. The Kier molecular flexibility index (Phi) is 4.87. The number of nitrogen functional groups attached to an aromatic ring is 1. The number of ether oxygens (including phenoxy) is 1. The maximum absolute atomic E-state index is 14.4. The van der Waals surface area contributed by atoms with Gasteiger partial charge in [-0.1, -0.05) is 0 Å². The molecule has 4 aromatic rings. The molecule has 0 saturated heterocycles. The van der Waals surface area contributed by atoms with Crippen molar-refractivity contribution in [2.75, 3.05) is 5.73 Å². The van der Waals surface area contributed by atoms with Crippen LogP contribution in [0.1, 0.15) is 47.8 Å². The van der Waals surface area contributed by atoms with Crippen LogP contribution in [0.25, 0.3) is 22.5 Å². The maximum atomic E-state index is 14.4. The molecule has 1 unspecified atom stereocenters. The summed E-state index contributed by atoms with van der Waals surface area (Å²) >= 11 is 0. The zero-order valence-electron chi connectivity index (χ0n) is 19.2. The van der Waals surface area contributed by atoms with Crippen molar-refractivity contribution in [1.29, 1.82) is 0 Å². The van der Waals surface area contributed by atoms with Crippen LogP contribution in [0, 0.1) is 5.82 Å². The molecule has 0 saturated carbocycles. The molecule has 35 heavy (non-hydrogen) atoms. The highest BCUT2D eigenvalue weighted by Crippen LogP contribution is 2.48. The monoisotopic (exact) mass is 480 g/mol. The molecule has 3 aromatic heterocycles. The fourth-order valence-corrected chi connectivity index (χ4v) is 5.37. The van der Waals surface area contributed by atoms with E-state index in [9.17, 15) is 13.2 Å². The second kappa shape index (κ2) is 7.86. The molecule has 180 valence electrons. The largest absolute Gasteiger partial charge is 0.482 e. The third kappa shape index (κ3) is 3.46. The number of benzene rings is 1. The van der Waals surface area contributed by atoms with Crippen molar-refractivity contribution in [1.82, 2.24) is 24.5 Å². The number of hydrogen-bond acceptors (Lipinski definition) is 5. The summed E-state index contributed by atoms with van der Waals surface area (Å²) in [6.45, 7) is 1.27. The van der Waals surface area contributed by atoms with Crippen LogP contribution in [0.2, 0.25) is 0 Å². The molecule has 2 N–H and O–H groups in total. The van der Waals surface area contributed by atoms with Gasteiger partial charge >= 0.3 is 0 Å². The average molecular weight is 480 g/mol. The Bertz CT molecular complexity index is 1460. The minimum Gasteiger partial charge on any atom is -0.482 e. The summed E-state index contributed by atoms with van der Waals surface area (Å²) in [4.78, 5) is 4.29. The number of hydrogen-bond donors (Lipinski definition) is 1. The van der Waals surface area contributed by atoms with Crippen LogP contribution in [0.15, 0.2) is 36.7 Å². The summed E-state index contributed by atoms with van der Waals surface area (Å²) < 4.78 is 50.7. The van der Waals surface area contributed by atoms with Crippen LogP contribution in [0.5, 0.6) is 5.75 Å². The highest BCUT2D eigenvalue weighted by atomic mass is 19.3. The van der Waals surface area contributed by atoms with Gasteiger partial charge in [0.25, 0.3) is 6.43 Å². The van der Waals surface area contributed by atoms with Gasteiger partial charge in [0.15, 0.2) is 11.6 Å². The van der Waals surface area contributed by atoms with Gasteiger partial charge in [0, 0.05) is 53.2 Å². The topological polar surface area (TPSA) is 83.8 Å². The van der Waals surface area contributed by atoms with E-state index in [-0.39, 0.29) is 17.6 Å². The lowest BCUT2D eigenvalue weighted by Crippen LogP contribution is -2.13. The van der Waals surface area contributed by atoms with Crippen molar-refractivity contribution in [2.24, 2.45) is 7.05 Å². The molecular formula is C25H23F3N6O. The summed E-state index contributed by atoms with van der Waals surface area (Å²) in [5, 5.41) is 9.30. The Balaban J connectivity index is 1.68. The number of halogens is 3. The van der Waals surface area contributed by atoms with Crippen molar-refractivity contribution in [3.05, 3.63) is 64.9 Å². The zero-order chi connectivity index (χ0) is 24.4. The number of rotatable bonds is 2. The molecule has 0 spiro atoms. The molecular weight excluding hydrogens is 457 g/mol. The molecule has 2 atom stereocenters. The van der Waals surface area contributed by atoms with Crippen LogP contribution < -0.4 is 10.5 Å². The van der Waals surface area contributed by atoms with Gasteiger partial charge in [0.1, 0.15) is 18.5 Å². The summed E-state index contributed by atoms with van der Waals surface area (Å²) in [5.41, 5.74) is 12.0. The first-order chi connectivity index (χ1) is 16.8. The molecule has 6 rings (SSSR count). The van der Waals surface area contributed by atoms with Gasteiger partial charge < -0.3 is 10.5 Å². The van der Waals surface area contributed by atoms with Gasteiger partial charge in [-0.2, -0.15) is 10.2 Å². The van der Waals surface area contributed by atoms with Crippen LogP contribution in [0.4, 0.5) is 19.0 Å². The van der Waals surface area contributed by atoms with Crippen molar-refractivity contribution in [2.45, 2.75) is 44.8 Å². The molecule has 0 fully saturated rings. The van der Waals surface area contributed by atoms with E-state index in [0.717, 1.165) is 28.8 Å². The molecule has 2 bridgehead atoms. The standard InChI is InChI=1S/C25H23F3N6O/c1-12-17-8-14(26)3-4-16(17)23-18(10-33(2)32-23)15-5-6-19-22(15)24(34(31-19)11-21(27)28)13-7-20(35-12)25(29)30-9-13/h3-4,7-10,12,15,21H,5-6,11H2,1-2H3,(H2,29,30)/t12-,15?/m1/s1. The van der Waals surface area contributed by atoms with Gasteiger partial charge in [-0.3, -0.25) is 9.36 Å².